The first-order valence-electron chi connectivity index (χ1n) is 6.40. The lowest BCUT2D eigenvalue weighted by molar-refractivity contribution is -0.142. The third kappa shape index (κ3) is 3.11. The van der Waals surface area contributed by atoms with Gasteiger partial charge in [0.15, 0.2) is 6.10 Å². The fourth-order valence-electron chi connectivity index (χ4n) is 2.18. The number of aryl methyl sites for hydroxylation is 1. The van der Waals surface area contributed by atoms with Crippen molar-refractivity contribution in [1.82, 2.24) is 9.80 Å². The quantitative estimate of drug-likeness (QED) is 0.866. The predicted octanol–water partition coefficient (Wildman–Crippen LogP) is 0.942. The van der Waals surface area contributed by atoms with Gasteiger partial charge in [-0.25, -0.2) is 4.39 Å². The molecule has 1 fully saturated rings. The average Bonchev–Trinajstić information content (AvgIpc) is 2.41. The van der Waals surface area contributed by atoms with Gasteiger partial charge in [0.2, 0.25) is 0 Å². The second kappa shape index (κ2) is 5.67. The van der Waals surface area contributed by atoms with E-state index in [1.54, 1.807) is 11.8 Å². The molecule has 0 aliphatic carbocycles. The van der Waals surface area contributed by atoms with E-state index >= 15 is 0 Å². The third-order valence-corrected chi connectivity index (χ3v) is 3.55. The summed E-state index contributed by atoms with van der Waals surface area (Å²) in [6.07, 6.45) is -1.21. The van der Waals surface area contributed by atoms with Crippen LogP contribution in [0.5, 0.6) is 0 Å². The molecule has 0 radical (unpaired) electrons. The number of rotatable bonds is 2. The largest absolute Gasteiger partial charge is 0.378 e. The van der Waals surface area contributed by atoms with Crippen LogP contribution in [0.15, 0.2) is 18.2 Å². The van der Waals surface area contributed by atoms with E-state index in [1.165, 1.54) is 18.2 Å². The highest BCUT2D eigenvalue weighted by Gasteiger charge is 2.26. The zero-order valence-corrected chi connectivity index (χ0v) is 11.3. The molecule has 1 saturated heterocycles. The van der Waals surface area contributed by atoms with Gasteiger partial charge in [-0.05, 0) is 31.2 Å². The van der Waals surface area contributed by atoms with E-state index in [4.69, 9.17) is 0 Å². The molecule has 0 saturated carbocycles. The Morgan fingerprint density at radius 2 is 1.95 bits per heavy atom. The van der Waals surface area contributed by atoms with Crippen LogP contribution in [0.2, 0.25) is 0 Å². The summed E-state index contributed by atoms with van der Waals surface area (Å²) in [6.45, 7) is 4.47. The second-order valence-electron chi connectivity index (χ2n) is 5.04. The number of amides is 1. The lowest BCUT2D eigenvalue weighted by Crippen LogP contribution is -2.48. The molecule has 0 bridgehead atoms. The van der Waals surface area contributed by atoms with Crippen molar-refractivity contribution in [2.24, 2.45) is 0 Å². The summed E-state index contributed by atoms with van der Waals surface area (Å²) in [5.74, 6) is -0.637. The monoisotopic (exact) mass is 266 g/mol. The van der Waals surface area contributed by atoms with E-state index in [0.29, 0.717) is 24.2 Å². The Kier molecular flexibility index (Phi) is 4.17. The molecule has 1 aliphatic rings. The van der Waals surface area contributed by atoms with Gasteiger partial charge in [-0.3, -0.25) is 4.79 Å². The number of carbonyl (C=O) groups excluding carboxylic acids is 1. The Morgan fingerprint density at radius 3 is 2.53 bits per heavy atom. The molecule has 1 amide bonds. The van der Waals surface area contributed by atoms with Crippen LogP contribution in [-0.4, -0.2) is 54.0 Å². The average molecular weight is 266 g/mol. The molecule has 0 spiro atoms. The molecule has 1 aliphatic heterocycles. The molecule has 1 aromatic rings. The van der Waals surface area contributed by atoms with E-state index in [0.717, 1.165) is 13.1 Å². The number of piperazine rings is 1. The van der Waals surface area contributed by atoms with Gasteiger partial charge in [0.25, 0.3) is 5.91 Å². The summed E-state index contributed by atoms with van der Waals surface area (Å²) in [5, 5.41) is 10.1. The molecular weight excluding hydrogens is 247 g/mol. The van der Waals surface area contributed by atoms with Crippen molar-refractivity contribution in [3.05, 3.63) is 35.1 Å². The maximum absolute atomic E-state index is 13.2. The molecule has 0 aromatic heterocycles. The van der Waals surface area contributed by atoms with Gasteiger partial charge in [-0.15, -0.1) is 0 Å². The van der Waals surface area contributed by atoms with E-state index in [2.05, 4.69) is 4.90 Å². The maximum Gasteiger partial charge on any atom is 0.256 e. The molecule has 1 N–H and O–H groups in total. The topological polar surface area (TPSA) is 43.8 Å². The number of likely N-dealkylation sites (N-methyl/N-ethyl adjacent to an activating group) is 1. The summed E-state index contributed by atoms with van der Waals surface area (Å²) >= 11 is 0. The highest BCUT2D eigenvalue weighted by molar-refractivity contribution is 5.82. The SMILES string of the molecule is Cc1cc(C(O)C(=O)N2CCN(C)CC2)ccc1F. The minimum atomic E-state index is -1.21. The zero-order chi connectivity index (χ0) is 14.0. The van der Waals surface area contributed by atoms with E-state index in [9.17, 15) is 14.3 Å². The van der Waals surface area contributed by atoms with E-state index in [1.807, 2.05) is 7.05 Å². The lowest BCUT2D eigenvalue weighted by atomic mass is 10.0. The van der Waals surface area contributed by atoms with Crippen LogP contribution in [0.3, 0.4) is 0 Å². The van der Waals surface area contributed by atoms with Gasteiger partial charge < -0.3 is 14.9 Å². The Hall–Kier alpha value is -1.46. The van der Waals surface area contributed by atoms with Gasteiger partial charge in [0.05, 0.1) is 0 Å². The number of benzene rings is 1. The van der Waals surface area contributed by atoms with Crippen molar-refractivity contribution in [2.75, 3.05) is 33.2 Å². The number of aliphatic hydroxyl groups is 1. The molecule has 2 rings (SSSR count). The van der Waals surface area contributed by atoms with Crippen molar-refractivity contribution in [3.63, 3.8) is 0 Å². The minimum Gasteiger partial charge on any atom is -0.378 e. The fourth-order valence-corrected chi connectivity index (χ4v) is 2.18. The molecule has 1 unspecified atom stereocenters. The summed E-state index contributed by atoms with van der Waals surface area (Å²) in [5.41, 5.74) is 0.880. The van der Waals surface area contributed by atoms with E-state index < -0.39 is 6.10 Å². The number of nitrogens with zero attached hydrogens (tertiary/aromatic N) is 2. The van der Waals surface area contributed by atoms with Crippen LogP contribution < -0.4 is 0 Å². The summed E-state index contributed by atoms with van der Waals surface area (Å²) in [4.78, 5) is 16.0. The van der Waals surface area contributed by atoms with Crippen LogP contribution in [0.25, 0.3) is 0 Å². The normalized spacial score (nSPS) is 18.4. The zero-order valence-electron chi connectivity index (χ0n) is 11.3. The molecule has 19 heavy (non-hydrogen) atoms. The number of carbonyl (C=O) groups is 1. The van der Waals surface area contributed by atoms with Crippen molar-refractivity contribution < 1.29 is 14.3 Å². The molecule has 1 atom stereocenters. The number of hydrogen-bond donors (Lipinski definition) is 1. The summed E-state index contributed by atoms with van der Waals surface area (Å²) < 4.78 is 13.2. The number of hydrogen-bond acceptors (Lipinski definition) is 3. The minimum absolute atomic E-state index is 0.306. The molecule has 1 heterocycles. The van der Waals surface area contributed by atoms with Gasteiger partial charge in [-0.2, -0.15) is 0 Å². The second-order valence-corrected chi connectivity index (χ2v) is 5.04. The van der Waals surface area contributed by atoms with Crippen molar-refractivity contribution in [1.29, 1.82) is 0 Å². The fraction of sp³-hybridized carbons (Fsp3) is 0.500. The van der Waals surface area contributed by atoms with Gasteiger partial charge >= 0.3 is 0 Å². The van der Waals surface area contributed by atoms with Crippen LogP contribution in [-0.2, 0) is 4.79 Å². The third-order valence-electron chi connectivity index (χ3n) is 3.55. The summed E-state index contributed by atoms with van der Waals surface area (Å²) in [7, 11) is 2.00. The lowest BCUT2D eigenvalue weighted by Gasteiger charge is -2.33. The van der Waals surface area contributed by atoms with E-state index in [-0.39, 0.29) is 11.7 Å². The highest BCUT2D eigenvalue weighted by Crippen LogP contribution is 2.19. The van der Waals surface area contributed by atoms with Crippen molar-refractivity contribution in [3.8, 4) is 0 Å². The van der Waals surface area contributed by atoms with Crippen molar-refractivity contribution in [2.45, 2.75) is 13.0 Å². The Bertz CT molecular complexity index is 471. The maximum atomic E-state index is 13.2. The van der Waals surface area contributed by atoms with Gasteiger partial charge in [0.1, 0.15) is 5.82 Å². The molecule has 4 nitrogen and oxygen atoms in total. The molecule has 1 aromatic carbocycles. The first-order chi connectivity index (χ1) is 8.99. The van der Waals surface area contributed by atoms with Crippen LogP contribution in [0.4, 0.5) is 4.39 Å². The van der Waals surface area contributed by atoms with Crippen LogP contribution in [0.1, 0.15) is 17.2 Å². The Morgan fingerprint density at radius 1 is 1.32 bits per heavy atom. The van der Waals surface area contributed by atoms with Crippen LogP contribution >= 0.6 is 0 Å². The molecule has 5 heteroatoms. The first-order valence-corrected chi connectivity index (χ1v) is 6.40. The van der Waals surface area contributed by atoms with Crippen LogP contribution in [0, 0.1) is 12.7 Å². The molecule has 104 valence electrons. The highest BCUT2D eigenvalue weighted by atomic mass is 19.1. The number of halogens is 1. The van der Waals surface area contributed by atoms with Gasteiger partial charge in [0, 0.05) is 26.2 Å². The summed E-state index contributed by atoms with van der Waals surface area (Å²) in [6, 6.07) is 4.26. The molecular formula is C14H19FN2O2. The number of aliphatic hydroxyl groups excluding tert-OH is 1. The smallest absolute Gasteiger partial charge is 0.256 e. The van der Waals surface area contributed by atoms with Crippen molar-refractivity contribution >= 4 is 5.91 Å². The standard InChI is InChI=1S/C14H19FN2O2/c1-10-9-11(3-4-12(10)15)13(18)14(19)17-7-5-16(2)6-8-17/h3-4,9,13,18H,5-8H2,1-2H3. The van der Waals surface area contributed by atoms with Gasteiger partial charge in [-0.1, -0.05) is 12.1 Å². The Balaban J connectivity index is 2.08. The first kappa shape index (κ1) is 14.0. The predicted molar refractivity (Wildman–Crippen MR) is 70.2 cm³/mol. The Labute approximate surface area is 112 Å².